The normalized spacial score (nSPS) is 28.0. The molecule has 1 aromatic carbocycles. The fourth-order valence-electron chi connectivity index (χ4n) is 3.69. The molecule has 2 aliphatic rings. The van der Waals surface area contributed by atoms with Gasteiger partial charge >= 0.3 is 0 Å². The summed E-state index contributed by atoms with van der Waals surface area (Å²) in [5, 5.41) is 3.19. The third-order valence-electron chi connectivity index (χ3n) is 5.28. The van der Waals surface area contributed by atoms with Gasteiger partial charge in [0.2, 0.25) is 11.8 Å². The number of nitrogens with zero attached hydrogens (tertiary/aromatic N) is 1. The molecule has 2 fully saturated rings. The molecule has 3 rings (SSSR count). The monoisotopic (exact) mass is 314 g/mol. The lowest BCUT2D eigenvalue weighted by Crippen LogP contribution is -2.44. The lowest BCUT2D eigenvalue weighted by molar-refractivity contribution is -0.127. The standard InChI is InChI=1S/C19H26N2O2/c1-13-7-9-16(10-8-13)21-12-15(11-18(21)22)19(23)20-17-6-4-3-5-14(17)2/h7-10,14-15,17H,3-6,11-12H2,1-2H3,(H,20,23)/t14-,15+,17+/m0/s1. The minimum absolute atomic E-state index is 0.0469. The summed E-state index contributed by atoms with van der Waals surface area (Å²) in [5.41, 5.74) is 2.06. The number of nitrogens with one attached hydrogen (secondary N) is 1. The minimum Gasteiger partial charge on any atom is -0.353 e. The minimum atomic E-state index is -0.224. The lowest BCUT2D eigenvalue weighted by Gasteiger charge is -2.30. The molecule has 4 nitrogen and oxygen atoms in total. The SMILES string of the molecule is Cc1ccc(N2C[C@H](C(=O)N[C@@H]3CCCC[C@@H]3C)CC2=O)cc1. The van der Waals surface area contributed by atoms with Crippen molar-refractivity contribution in [1.82, 2.24) is 5.32 Å². The van der Waals surface area contributed by atoms with Crippen molar-refractivity contribution in [2.24, 2.45) is 11.8 Å². The van der Waals surface area contributed by atoms with Crippen molar-refractivity contribution in [1.29, 1.82) is 0 Å². The molecule has 0 radical (unpaired) electrons. The molecule has 1 aromatic rings. The van der Waals surface area contributed by atoms with Gasteiger partial charge in [-0.3, -0.25) is 9.59 Å². The van der Waals surface area contributed by atoms with E-state index in [9.17, 15) is 9.59 Å². The van der Waals surface area contributed by atoms with Crippen LogP contribution in [0.2, 0.25) is 0 Å². The Morgan fingerprint density at radius 3 is 2.57 bits per heavy atom. The highest BCUT2D eigenvalue weighted by atomic mass is 16.2. The number of benzene rings is 1. The second-order valence-corrected chi connectivity index (χ2v) is 7.12. The van der Waals surface area contributed by atoms with Gasteiger partial charge in [-0.05, 0) is 37.8 Å². The molecule has 4 heteroatoms. The lowest BCUT2D eigenvalue weighted by atomic mass is 9.85. The van der Waals surface area contributed by atoms with Crippen molar-refractivity contribution in [3.8, 4) is 0 Å². The second kappa shape index (κ2) is 6.73. The third-order valence-corrected chi connectivity index (χ3v) is 5.28. The number of hydrogen-bond acceptors (Lipinski definition) is 2. The molecular weight excluding hydrogens is 288 g/mol. The van der Waals surface area contributed by atoms with Gasteiger partial charge in [-0.2, -0.15) is 0 Å². The van der Waals surface area contributed by atoms with Gasteiger partial charge in [0.15, 0.2) is 0 Å². The zero-order valence-electron chi connectivity index (χ0n) is 14.0. The molecule has 0 unspecified atom stereocenters. The highest BCUT2D eigenvalue weighted by Crippen LogP contribution is 2.27. The van der Waals surface area contributed by atoms with Gasteiger partial charge < -0.3 is 10.2 Å². The van der Waals surface area contributed by atoms with Gasteiger partial charge in [0.25, 0.3) is 0 Å². The fraction of sp³-hybridized carbons (Fsp3) is 0.579. The summed E-state index contributed by atoms with van der Waals surface area (Å²) >= 11 is 0. The van der Waals surface area contributed by atoms with Crippen molar-refractivity contribution in [2.45, 2.75) is 52.0 Å². The molecule has 0 bridgehead atoms. The van der Waals surface area contributed by atoms with Crippen molar-refractivity contribution < 1.29 is 9.59 Å². The molecule has 1 heterocycles. The van der Waals surface area contributed by atoms with Crippen molar-refractivity contribution in [2.75, 3.05) is 11.4 Å². The Kier molecular flexibility index (Phi) is 4.69. The van der Waals surface area contributed by atoms with E-state index in [1.807, 2.05) is 31.2 Å². The molecule has 1 saturated heterocycles. The Labute approximate surface area is 138 Å². The van der Waals surface area contributed by atoms with Crippen LogP contribution in [0.3, 0.4) is 0 Å². The number of anilines is 1. The summed E-state index contributed by atoms with van der Waals surface area (Å²) in [6.07, 6.45) is 5.02. The summed E-state index contributed by atoms with van der Waals surface area (Å²) in [4.78, 5) is 26.6. The second-order valence-electron chi connectivity index (χ2n) is 7.12. The maximum Gasteiger partial charge on any atom is 0.227 e. The first-order valence-electron chi connectivity index (χ1n) is 8.72. The molecule has 23 heavy (non-hydrogen) atoms. The van der Waals surface area contributed by atoms with Crippen LogP contribution in [0.4, 0.5) is 5.69 Å². The van der Waals surface area contributed by atoms with Crippen molar-refractivity contribution in [3.63, 3.8) is 0 Å². The van der Waals surface area contributed by atoms with Crippen LogP contribution in [0.25, 0.3) is 0 Å². The van der Waals surface area contributed by atoms with E-state index in [2.05, 4.69) is 12.2 Å². The summed E-state index contributed by atoms with van der Waals surface area (Å²) in [7, 11) is 0. The number of carbonyl (C=O) groups excluding carboxylic acids is 2. The maximum atomic E-state index is 12.5. The van der Waals surface area contributed by atoms with Crippen LogP contribution in [0.1, 0.15) is 44.6 Å². The molecule has 1 aliphatic carbocycles. The number of rotatable bonds is 3. The van der Waals surface area contributed by atoms with Crippen LogP contribution in [-0.4, -0.2) is 24.4 Å². The Morgan fingerprint density at radius 2 is 1.87 bits per heavy atom. The van der Waals surface area contributed by atoms with Crippen LogP contribution >= 0.6 is 0 Å². The van der Waals surface area contributed by atoms with Crippen LogP contribution in [0, 0.1) is 18.8 Å². The maximum absolute atomic E-state index is 12.5. The highest BCUT2D eigenvalue weighted by molar-refractivity contribution is 6.00. The van der Waals surface area contributed by atoms with E-state index in [0.717, 1.165) is 12.1 Å². The average Bonchev–Trinajstić information content (AvgIpc) is 2.92. The van der Waals surface area contributed by atoms with Crippen LogP contribution in [0.15, 0.2) is 24.3 Å². The summed E-state index contributed by atoms with van der Waals surface area (Å²) in [6, 6.07) is 8.19. The number of aryl methyl sites for hydroxylation is 1. The number of carbonyl (C=O) groups is 2. The molecule has 124 valence electrons. The Morgan fingerprint density at radius 1 is 1.17 bits per heavy atom. The molecule has 1 saturated carbocycles. The molecule has 1 aliphatic heterocycles. The zero-order valence-corrected chi connectivity index (χ0v) is 14.0. The summed E-state index contributed by atoms with van der Waals surface area (Å²) < 4.78 is 0. The highest BCUT2D eigenvalue weighted by Gasteiger charge is 2.36. The number of amides is 2. The molecule has 0 aromatic heterocycles. The van der Waals surface area contributed by atoms with E-state index < -0.39 is 0 Å². The largest absolute Gasteiger partial charge is 0.353 e. The van der Waals surface area contributed by atoms with Crippen LogP contribution in [0.5, 0.6) is 0 Å². The third kappa shape index (κ3) is 3.57. The van der Waals surface area contributed by atoms with Gasteiger partial charge in [-0.25, -0.2) is 0 Å². The first kappa shape index (κ1) is 16.0. The Bertz CT molecular complexity index is 582. The first-order chi connectivity index (χ1) is 11.0. The molecule has 0 spiro atoms. The van der Waals surface area contributed by atoms with Gasteiger partial charge in [0, 0.05) is 24.7 Å². The molecular formula is C19H26N2O2. The predicted octanol–water partition coefficient (Wildman–Crippen LogP) is 3.04. The van der Waals surface area contributed by atoms with E-state index in [4.69, 9.17) is 0 Å². The van der Waals surface area contributed by atoms with E-state index in [0.29, 0.717) is 18.9 Å². The Hall–Kier alpha value is -1.84. The predicted molar refractivity (Wildman–Crippen MR) is 91.2 cm³/mol. The van der Waals surface area contributed by atoms with E-state index in [1.54, 1.807) is 4.90 Å². The van der Waals surface area contributed by atoms with Crippen molar-refractivity contribution >= 4 is 17.5 Å². The van der Waals surface area contributed by atoms with Gasteiger partial charge in [0.1, 0.15) is 0 Å². The zero-order chi connectivity index (χ0) is 16.4. The van der Waals surface area contributed by atoms with Gasteiger partial charge in [-0.1, -0.05) is 37.5 Å². The van der Waals surface area contributed by atoms with Crippen molar-refractivity contribution in [3.05, 3.63) is 29.8 Å². The smallest absolute Gasteiger partial charge is 0.227 e. The van der Waals surface area contributed by atoms with Gasteiger partial charge in [0.05, 0.1) is 5.92 Å². The molecule has 3 atom stereocenters. The van der Waals surface area contributed by atoms with E-state index >= 15 is 0 Å². The topological polar surface area (TPSA) is 49.4 Å². The van der Waals surface area contributed by atoms with E-state index in [-0.39, 0.29) is 23.8 Å². The van der Waals surface area contributed by atoms with Gasteiger partial charge in [-0.15, -0.1) is 0 Å². The quantitative estimate of drug-likeness (QED) is 0.932. The number of hydrogen-bond donors (Lipinski definition) is 1. The molecule has 2 amide bonds. The Balaban J connectivity index is 1.62. The summed E-state index contributed by atoms with van der Waals surface area (Å²) in [5.74, 6) is 0.411. The average molecular weight is 314 g/mol. The fourth-order valence-corrected chi connectivity index (χ4v) is 3.69. The first-order valence-corrected chi connectivity index (χ1v) is 8.72. The van der Waals surface area contributed by atoms with E-state index in [1.165, 1.54) is 24.8 Å². The van der Waals surface area contributed by atoms with Crippen LogP contribution in [-0.2, 0) is 9.59 Å². The van der Waals surface area contributed by atoms with Crippen LogP contribution < -0.4 is 10.2 Å². The summed E-state index contributed by atoms with van der Waals surface area (Å²) in [6.45, 7) is 4.73. The molecule has 1 N–H and O–H groups in total.